The highest BCUT2D eigenvalue weighted by atomic mass is 16.2. The number of rotatable bonds is 44. The highest BCUT2D eigenvalue weighted by molar-refractivity contribution is 6.00. The Morgan fingerprint density at radius 1 is 0.468 bits per heavy atom. The monoisotopic (exact) mass is 1530 g/mol. The van der Waals surface area contributed by atoms with Gasteiger partial charge in [0.15, 0.2) is 5.96 Å². The maximum absolute atomic E-state index is 15.0. The molecule has 14 atom stereocenters. The second-order valence-electron chi connectivity index (χ2n) is 32.0. The van der Waals surface area contributed by atoms with Crippen LogP contribution in [0.5, 0.6) is 0 Å². The number of guanidine groups is 1. The lowest BCUT2D eigenvalue weighted by Gasteiger charge is -2.33. The Bertz CT molecular complexity index is 3450. The maximum Gasteiger partial charge on any atom is 0.245 e. The fourth-order valence-corrected chi connectivity index (χ4v) is 14.4. The molecule has 32 nitrogen and oxygen atoms in total. The smallest absolute Gasteiger partial charge is 0.245 e. The number of likely N-dealkylation sites (tertiary alicyclic amines) is 3. The van der Waals surface area contributed by atoms with E-state index in [1.54, 1.807) is 6.20 Å². The first-order valence-corrected chi connectivity index (χ1v) is 39.5. The molecule has 5 rings (SSSR count). The first kappa shape index (κ1) is 90.7. The van der Waals surface area contributed by atoms with Crippen LogP contribution in [0.15, 0.2) is 35.5 Å². The van der Waals surface area contributed by atoms with Crippen molar-refractivity contribution in [1.29, 1.82) is 0 Å². The molecule has 32 heteroatoms. The van der Waals surface area contributed by atoms with Gasteiger partial charge in [0.05, 0.1) is 6.04 Å². The molecule has 3 aliphatic heterocycles. The van der Waals surface area contributed by atoms with Crippen molar-refractivity contribution in [3.05, 3.63) is 36.0 Å². The van der Waals surface area contributed by atoms with Crippen molar-refractivity contribution in [2.45, 2.75) is 284 Å². The molecule has 0 bridgehead atoms. The van der Waals surface area contributed by atoms with Crippen LogP contribution in [0.25, 0.3) is 10.9 Å². The van der Waals surface area contributed by atoms with Gasteiger partial charge in [0.2, 0.25) is 76.8 Å². The predicted octanol–water partition coefficient (Wildman–Crippen LogP) is 1.34. The standard InChI is InChI=1S/C77H129N19O13/c1-14-47(12)63(79)73(106)93-59(39-46(10)11)76(109)96-34-21-28-61(96)70(103)88-54(35-42(2)3)68(101)87-53(25-17-18-30-78)66(99)91-57(37-44(6)7)74(107)94-32-20-27-60(94)71(104)89-55(36-43(4)5)69(102)92-58(38-45(8)9)75(108)95-33-22-29-62(95)72(105)90-56(40-49-41-84-51-24-16-15-23-50(49)51)67(100)85-48(13)65(98)86-52(64(80)97)26-19-31-83-77(81)82/h15-16,23-24,41-48,52-63,84H,14,17-22,25-40,78-79H2,1-13H3,(H2,80,97)(H,85,100)(H,86,98)(H,87,101)(H,88,103)(H,89,104)(H,90,105)(H,91,99)(H,92,102)(H,93,106)(H4,81,82,83)/t47-,48-,52-,53-,54-,55-,56-,57-,58-,59-,60-,61-,62-,63-/m0/s1. The molecule has 0 radical (unpaired) electrons. The molecule has 0 spiro atoms. The van der Waals surface area contributed by atoms with Gasteiger partial charge in [-0.25, -0.2) is 0 Å². The second kappa shape index (κ2) is 44.0. The topological polar surface area (TPSA) is 498 Å². The van der Waals surface area contributed by atoms with Crippen LogP contribution in [-0.4, -0.2) is 214 Å². The summed E-state index contributed by atoms with van der Waals surface area (Å²) in [6.07, 6.45) is 6.70. The van der Waals surface area contributed by atoms with Crippen molar-refractivity contribution in [2.24, 2.45) is 69.2 Å². The molecule has 4 heterocycles. The minimum atomic E-state index is -1.29. The number of aliphatic imine (C=N–C) groups is 1. The number of nitrogens with zero attached hydrogens (tertiary/aromatic N) is 4. The number of aromatic nitrogens is 1. The first-order chi connectivity index (χ1) is 51.5. The average Bonchev–Trinajstić information content (AvgIpc) is 1.71. The highest BCUT2D eigenvalue weighted by Crippen LogP contribution is 2.27. The van der Waals surface area contributed by atoms with Gasteiger partial charge in [-0.3, -0.25) is 67.3 Å². The number of H-pyrrole nitrogens is 1. The van der Waals surface area contributed by atoms with Gasteiger partial charge in [-0.15, -0.1) is 0 Å². The number of fused-ring (bicyclic) bond motifs is 1. The zero-order chi connectivity index (χ0) is 81.1. The van der Waals surface area contributed by atoms with Crippen molar-refractivity contribution in [1.82, 2.24) is 67.5 Å². The van der Waals surface area contributed by atoms with Gasteiger partial charge >= 0.3 is 0 Å². The molecule has 3 aliphatic rings. The van der Waals surface area contributed by atoms with E-state index in [1.807, 2.05) is 107 Å². The summed E-state index contributed by atoms with van der Waals surface area (Å²) in [4.78, 5) is 197. The summed E-state index contributed by atoms with van der Waals surface area (Å²) in [5, 5.41) is 26.3. The number of nitrogens with one attached hydrogen (secondary N) is 10. The van der Waals surface area contributed by atoms with E-state index in [9.17, 15) is 57.5 Å². The van der Waals surface area contributed by atoms with Gasteiger partial charge < -0.3 is 96.2 Å². The van der Waals surface area contributed by atoms with E-state index in [-0.39, 0.29) is 125 Å². The normalized spacial score (nSPS) is 18.9. The third kappa shape index (κ3) is 27.8. The van der Waals surface area contributed by atoms with E-state index in [0.29, 0.717) is 69.9 Å². The largest absolute Gasteiger partial charge is 0.370 e. The molecule has 3 fully saturated rings. The number of hydrogen-bond donors (Lipinski definition) is 15. The van der Waals surface area contributed by atoms with Crippen molar-refractivity contribution in [3.63, 3.8) is 0 Å². The second-order valence-corrected chi connectivity index (χ2v) is 32.0. The zero-order valence-corrected chi connectivity index (χ0v) is 66.6. The first-order valence-electron chi connectivity index (χ1n) is 39.5. The van der Waals surface area contributed by atoms with Crippen LogP contribution < -0.4 is 76.5 Å². The number of hydrogen-bond acceptors (Lipinski definition) is 16. The van der Waals surface area contributed by atoms with Gasteiger partial charge in [-0.05, 0) is 163 Å². The summed E-state index contributed by atoms with van der Waals surface area (Å²) in [5.41, 5.74) is 30.1. The number of primary amides is 1. The van der Waals surface area contributed by atoms with Gasteiger partial charge in [0.1, 0.15) is 72.5 Å². The van der Waals surface area contributed by atoms with Gasteiger partial charge in [-0.2, -0.15) is 0 Å². The van der Waals surface area contributed by atoms with E-state index < -0.39 is 155 Å². The Morgan fingerprint density at radius 2 is 0.853 bits per heavy atom. The lowest BCUT2D eigenvalue weighted by Crippen LogP contribution is -2.61. The molecule has 3 saturated heterocycles. The Hall–Kier alpha value is -8.94. The number of carbonyl (C=O) groups is 13. The molecular weight excluding hydrogens is 1400 g/mol. The number of nitrogens with two attached hydrogens (primary N) is 5. The summed E-state index contributed by atoms with van der Waals surface area (Å²) < 4.78 is 0. The molecule has 109 heavy (non-hydrogen) atoms. The fourth-order valence-electron chi connectivity index (χ4n) is 14.4. The Morgan fingerprint density at radius 3 is 1.28 bits per heavy atom. The summed E-state index contributed by atoms with van der Waals surface area (Å²) in [7, 11) is 0. The van der Waals surface area contributed by atoms with Crippen LogP contribution in [0.3, 0.4) is 0 Å². The summed E-state index contributed by atoms with van der Waals surface area (Å²) in [6.45, 7) is 25.0. The number of para-hydroxylation sites is 1. The molecule has 2 aromatic rings. The lowest BCUT2D eigenvalue weighted by molar-refractivity contribution is -0.144. The van der Waals surface area contributed by atoms with Crippen LogP contribution in [-0.2, 0) is 68.7 Å². The van der Waals surface area contributed by atoms with Crippen molar-refractivity contribution < 1.29 is 62.3 Å². The fraction of sp³-hybridized carbons (Fsp3) is 0.714. The van der Waals surface area contributed by atoms with Crippen LogP contribution in [0, 0.1) is 35.5 Å². The third-order valence-corrected chi connectivity index (χ3v) is 20.4. The number of unbranched alkanes of at least 4 members (excludes halogenated alkanes) is 1. The van der Waals surface area contributed by atoms with Crippen molar-refractivity contribution in [2.75, 3.05) is 32.7 Å². The maximum atomic E-state index is 15.0. The van der Waals surface area contributed by atoms with E-state index in [2.05, 4.69) is 57.8 Å². The van der Waals surface area contributed by atoms with Crippen LogP contribution >= 0.6 is 0 Å². The van der Waals surface area contributed by atoms with E-state index in [0.717, 1.165) is 10.9 Å². The molecule has 0 aliphatic carbocycles. The number of amides is 13. The molecule has 610 valence electrons. The van der Waals surface area contributed by atoms with Crippen molar-refractivity contribution >= 4 is 93.7 Å². The molecule has 1 aromatic carbocycles. The average molecular weight is 1530 g/mol. The zero-order valence-electron chi connectivity index (χ0n) is 66.6. The Labute approximate surface area is 642 Å². The van der Waals surface area contributed by atoms with Gasteiger partial charge in [0.25, 0.3) is 0 Å². The molecule has 0 saturated carbocycles. The molecule has 13 amide bonds. The van der Waals surface area contributed by atoms with Gasteiger partial charge in [0, 0.05) is 49.7 Å². The third-order valence-electron chi connectivity index (χ3n) is 20.4. The molecular formula is C77H129N19O13. The summed E-state index contributed by atoms with van der Waals surface area (Å²) in [5.74, 6) is -9.01. The predicted molar refractivity (Wildman–Crippen MR) is 416 cm³/mol. The molecule has 0 unspecified atom stereocenters. The van der Waals surface area contributed by atoms with E-state index in [1.165, 1.54) is 21.6 Å². The summed E-state index contributed by atoms with van der Waals surface area (Å²) in [6, 6.07) is -7.07. The number of carbonyl (C=O) groups excluding carboxylic acids is 13. The highest BCUT2D eigenvalue weighted by Gasteiger charge is 2.45. The quantitative estimate of drug-likeness (QED) is 0.0253. The Kier molecular flexibility index (Phi) is 36.6. The van der Waals surface area contributed by atoms with Crippen LogP contribution in [0.1, 0.15) is 205 Å². The molecule has 1 aromatic heterocycles. The minimum absolute atomic E-state index is 0.00593. The van der Waals surface area contributed by atoms with Crippen molar-refractivity contribution in [3.8, 4) is 0 Å². The lowest BCUT2D eigenvalue weighted by atomic mass is 9.97. The van der Waals surface area contributed by atoms with Gasteiger partial charge in [-0.1, -0.05) is 108 Å². The van der Waals surface area contributed by atoms with Crippen LogP contribution in [0.2, 0.25) is 0 Å². The van der Waals surface area contributed by atoms with E-state index >= 15 is 4.79 Å². The molecule has 20 N–H and O–H groups in total. The minimum Gasteiger partial charge on any atom is -0.370 e. The summed E-state index contributed by atoms with van der Waals surface area (Å²) >= 11 is 0. The number of aromatic amines is 1. The SMILES string of the molecule is CC[C@H](C)[C@H](N)C(=O)N[C@@H](CC(C)C)C(=O)N1CCC[C@H]1C(=O)N[C@@H](CC(C)C)C(=O)N[C@@H](CCCCN)C(=O)N[C@@H](CC(C)C)C(=O)N1CCC[C@H]1C(=O)N[C@@H](CC(C)C)C(=O)N[C@@H](CC(C)C)C(=O)N1CCC[C@H]1C(=O)N[C@@H](Cc1c[nH]c2ccccc12)C(=O)N[C@@H](C)C(=O)N[C@@H](CCCN=C(N)N)C(N)=O. The number of benzene rings is 1. The van der Waals surface area contributed by atoms with Crippen LogP contribution in [0.4, 0.5) is 0 Å². The van der Waals surface area contributed by atoms with E-state index in [4.69, 9.17) is 28.7 Å². The Balaban J connectivity index is 1.31.